The number of hydrogen-bond acceptors (Lipinski definition) is 4. The van der Waals surface area contributed by atoms with Gasteiger partial charge in [0.15, 0.2) is 0 Å². The first-order chi connectivity index (χ1) is 14.8. The molecular formula is C20H27F3N4O4S. The summed E-state index contributed by atoms with van der Waals surface area (Å²) >= 11 is 0. The highest BCUT2D eigenvalue weighted by molar-refractivity contribution is 7.90. The number of nitrogens with one attached hydrogen (secondary N) is 1. The topological polar surface area (TPSA) is 90.0 Å². The largest absolute Gasteiger partial charge is 0.394 e. The summed E-state index contributed by atoms with van der Waals surface area (Å²) in [6.45, 7) is 2.85. The number of alkyl halides is 3. The molecule has 8 nitrogen and oxygen atoms in total. The molecule has 4 aliphatic heterocycles. The maximum Gasteiger partial charge on any atom is 0.394 e. The van der Waals surface area contributed by atoms with E-state index >= 15 is 0 Å². The molecule has 7 rings (SSSR count). The van der Waals surface area contributed by atoms with Crippen molar-refractivity contribution >= 4 is 22.0 Å². The molecule has 12 heteroatoms. The molecule has 32 heavy (non-hydrogen) atoms. The van der Waals surface area contributed by atoms with E-state index in [-0.39, 0.29) is 42.2 Å². The van der Waals surface area contributed by atoms with E-state index in [9.17, 15) is 31.2 Å². The summed E-state index contributed by atoms with van der Waals surface area (Å²) in [5.41, 5.74) is -2.12. The zero-order valence-electron chi connectivity index (χ0n) is 17.7. The van der Waals surface area contributed by atoms with Crippen molar-refractivity contribution in [3.05, 3.63) is 0 Å². The van der Waals surface area contributed by atoms with E-state index in [0.717, 1.165) is 6.42 Å². The predicted molar refractivity (Wildman–Crippen MR) is 106 cm³/mol. The standard InChI is InChI=1S/C20H27F3N4O4S/c21-20(22,23)17-7-19(8-17,9-17)32(30,31)27-5-3-16(4-6-27)10-25(11-16)15(29)26-12-18(13-26)2-1-14(28)24-18/h1-13H2,(H,24,28). The first-order valence-corrected chi connectivity index (χ1v) is 12.7. The molecule has 3 aliphatic carbocycles. The maximum absolute atomic E-state index is 13.1. The van der Waals surface area contributed by atoms with Gasteiger partial charge in [0.05, 0.1) is 15.7 Å². The average molecular weight is 477 g/mol. The molecule has 7 fully saturated rings. The van der Waals surface area contributed by atoms with Crippen LogP contribution in [0.15, 0.2) is 0 Å². The van der Waals surface area contributed by atoms with Crippen LogP contribution in [0.25, 0.3) is 0 Å². The summed E-state index contributed by atoms with van der Waals surface area (Å²) in [6.07, 6.45) is -2.71. The van der Waals surface area contributed by atoms with Gasteiger partial charge in [-0.3, -0.25) is 4.79 Å². The summed E-state index contributed by atoms with van der Waals surface area (Å²) in [5.74, 6) is 0.0363. The lowest BCUT2D eigenvalue weighted by Crippen LogP contribution is -2.77. The van der Waals surface area contributed by atoms with E-state index in [2.05, 4.69) is 5.32 Å². The van der Waals surface area contributed by atoms with E-state index in [0.29, 0.717) is 58.5 Å². The van der Waals surface area contributed by atoms with Gasteiger partial charge in [-0.1, -0.05) is 0 Å². The first kappa shape index (κ1) is 21.0. The monoisotopic (exact) mass is 476 g/mol. The van der Waals surface area contributed by atoms with Crippen molar-refractivity contribution in [3.63, 3.8) is 0 Å². The number of carbonyl (C=O) groups is 2. The Morgan fingerprint density at radius 1 is 0.938 bits per heavy atom. The minimum Gasteiger partial charge on any atom is -0.347 e. The molecule has 2 spiro atoms. The number of carbonyl (C=O) groups excluding carboxylic acids is 2. The summed E-state index contributed by atoms with van der Waals surface area (Å²) in [4.78, 5) is 27.7. The smallest absolute Gasteiger partial charge is 0.347 e. The van der Waals surface area contributed by atoms with Gasteiger partial charge >= 0.3 is 12.2 Å². The Morgan fingerprint density at radius 2 is 1.50 bits per heavy atom. The number of nitrogens with zero attached hydrogens (tertiary/aromatic N) is 3. The Bertz CT molecular complexity index is 971. The van der Waals surface area contributed by atoms with Crippen molar-refractivity contribution in [2.75, 3.05) is 39.3 Å². The van der Waals surface area contributed by atoms with Crippen molar-refractivity contribution in [2.45, 2.75) is 61.4 Å². The van der Waals surface area contributed by atoms with Gasteiger partial charge < -0.3 is 15.1 Å². The molecule has 3 saturated carbocycles. The molecule has 4 heterocycles. The summed E-state index contributed by atoms with van der Waals surface area (Å²) in [6, 6.07) is -0.0382. The van der Waals surface area contributed by atoms with Crippen LogP contribution in [0.3, 0.4) is 0 Å². The lowest BCUT2D eigenvalue weighted by atomic mass is 9.43. The number of urea groups is 1. The molecule has 0 unspecified atom stereocenters. The fourth-order valence-electron chi connectivity index (χ4n) is 6.99. The van der Waals surface area contributed by atoms with Gasteiger partial charge in [-0.05, 0) is 38.5 Å². The summed E-state index contributed by atoms with van der Waals surface area (Å²) in [5, 5.41) is 2.96. The molecule has 4 saturated heterocycles. The lowest BCUT2D eigenvalue weighted by molar-refractivity contribution is -0.315. The van der Waals surface area contributed by atoms with E-state index in [1.165, 1.54) is 4.31 Å². The number of likely N-dealkylation sites (tertiary alicyclic amines) is 2. The third-order valence-corrected chi connectivity index (χ3v) is 11.6. The maximum atomic E-state index is 13.1. The molecule has 0 aromatic rings. The van der Waals surface area contributed by atoms with Crippen LogP contribution >= 0.6 is 0 Å². The summed E-state index contributed by atoms with van der Waals surface area (Å²) in [7, 11) is -3.74. The van der Waals surface area contributed by atoms with Crippen LogP contribution in [0.5, 0.6) is 0 Å². The van der Waals surface area contributed by atoms with Crippen molar-refractivity contribution < 1.29 is 31.2 Å². The second-order valence-corrected chi connectivity index (χ2v) is 13.6. The van der Waals surface area contributed by atoms with Gasteiger partial charge in [0.1, 0.15) is 0 Å². The third kappa shape index (κ3) is 2.56. The van der Waals surface area contributed by atoms with Crippen LogP contribution in [-0.2, 0) is 14.8 Å². The number of piperidine rings is 1. The Morgan fingerprint density at radius 3 is 2.00 bits per heavy atom. The molecule has 0 aromatic heterocycles. The van der Waals surface area contributed by atoms with Crippen LogP contribution in [0, 0.1) is 10.8 Å². The fourth-order valence-corrected chi connectivity index (χ4v) is 9.58. The van der Waals surface area contributed by atoms with Crippen molar-refractivity contribution in [3.8, 4) is 0 Å². The molecule has 3 amide bonds. The minimum atomic E-state index is -4.32. The Labute approximate surface area is 184 Å². The van der Waals surface area contributed by atoms with Gasteiger partial charge in [0.25, 0.3) is 0 Å². The van der Waals surface area contributed by atoms with Gasteiger partial charge in [-0.15, -0.1) is 0 Å². The summed E-state index contributed by atoms with van der Waals surface area (Å²) < 4.78 is 65.6. The van der Waals surface area contributed by atoms with Crippen LogP contribution < -0.4 is 5.32 Å². The molecular weight excluding hydrogens is 449 g/mol. The zero-order chi connectivity index (χ0) is 22.8. The van der Waals surface area contributed by atoms with Crippen molar-refractivity contribution in [1.29, 1.82) is 0 Å². The van der Waals surface area contributed by atoms with Crippen LogP contribution in [0.2, 0.25) is 0 Å². The minimum absolute atomic E-state index is 0.0363. The fraction of sp³-hybridized carbons (Fsp3) is 0.900. The van der Waals surface area contributed by atoms with Gasteiger partial charge in [-0.25, -0.2) is 17.5 Å². The van der Waals surface area contributed by atoms with E-state index < -0.39 is 26.4 Å². The number of rotatable bonds is 2. The quantitative estimate of drug-likeness (QED) is 0.650. The van der Waals surface area contributed by atoms with E-state index in [4.69, 9.17) is 0 Å². The Kier molecular flexibility index (Phi) is 3.88. The number of amides is 3. The van der Waals surface area contributed by atoms with Gasteiger partial charge in [0.2, 0.25) is 15.9 Å². The van der Waals surface area contributed by atoms with E-state index in [1.54, 1.807) is 9.80 Å². The number of sulfonamides is 1. The van der Waals surface area contributed by atoms with Crippen LogP contribution in [0.4, 0.5) is 18.0 Å². The van der Waals surface area contributed by atoms with E-state index in [1.807, 2.05) is 0 Å². The van der Waals surface area contributed by atoms with Crippen LogP contribution in [-0.4, -0.2) is 90.2 Å². The molecule has 1 N–H and O–H groups in total. The van der Waals surface area contributed by atoms with Crippen molar-refractivity contribution in [2.24, 2.45) is 10.8 Å². The molecule has 178 valence electrons. The van der Waals surface area contributed by atoms with Gasteiger partial charge in [-0.2, -0.15) is 13.2 Å². The molecule has 0 atom stereocenters. The Hall–Kier alpha value is -1.56. The lowest BCUT2D eigenvalue weighted by Gasteiger charge is -2.69. The Balaban J connectivity index is 1.00. The predicted octanol–water partition coefficient (Wildman–Crippen LogP) is 1.28. The molecule has 0 aromatic carbocycles. The third-order valence-electron chi connectivity index (χ3n) is 9.07. The molecule has 0 radical (unpaired) electrons. The highest BCUT2D eigenvalue weighted by atomic mass is 32.2. The second kappa shape index (κ2) is 5.92. The number of hydrogen-bond donors (Lipinski definition) is 1. The second-order valence-electron chi connectivity index (χ2n) is 11.2. The first-order valence-electron chi connectivity index (χ1n) is 11.2. The van der Waals surface area contributed by atoms with Crippen LogP contribution in [0.1, 0.15) is 44.9 Å². The van der Waals surface area contributed by atoms with Gasteiger partial charge in [0, 0.05) is 51.1 Å². The average Bonchev–Trinajstić information content (AvgIpc) is 2.96. The molecule has 2 bridgehead atoms. The van der Waals surface area contributed by atoms with Crippen molar-refractivity contribution in [1.82, 2.24) is 19.4 Å². The number of halogens is 3. The highest BCUT2D eigenvalue weighted by Crippen LogP contribution is 2.76. The normalized spacial score (nSPS) is 37.4. The highest BCUT2D eigenvalue weighted by Gasteiger charge is 2.83. The molecule has 7 aliphatic rings. The zero-order valence-corrected chi connectivity index (χ0v) is 18.5. The SMILES string of the molecule is O=C1CCC2(CN(C(=O)N3CC4(CCN(S(=O)(=O)C56CC(C(F)(F)F)(C5)C6)CC4)C3)C2)N1.